The van der Waals surface area contributed by atoms with E-state index in [9.17, 15) is 13.6 Å². The van der Waals surface area contributed by atoms with Gasteiger partial charge in [-0.2, -0.15) is 0 Å². The fourth-order valence-electron chi connectivity index (χ4n) is 1.69. The molecule has 0 aliphatic rings. The molecule has 96 valence electrons. The third-order valence-electron chi connectivity index (χ3n) is 2.47. The molecule has 1 heterocycles. The van der Waals surface area contributed by atoms with E-state index in [1.807, 2.05) is 0 Å². The summed E-state index contributed by atoms with van der Waals surface area (Å²) in [6.07, 6.45) is 0. The average molecular weight is 255 g/mol. The molecule has 0 spiro atoms. The summed E-state index contributed by atoms with van der Waals surface area (Å²) in [5, 5.41) is 0.0799. The number of rotatable bonds is 3. The number of aromatic nitrogens is 1. The van der Waals surface area contributed by atoms with Gasteiger partial charge in [-0.3, -0.25) is 0 Å². The summed E-state index contributed by atoms with van der Waals surface area (Å²) < 4.78 is 36.7. The van der Waals surface area contributed by atoms with E-state index in [0.29, 0.717) is 0 Å². The van der Waals surface area contributed by atoms with Crippen molar-refractivity contribution in [2.24, 2.45) is 0 Å². The number of hydrogen-bond acceptors (Lipinski definition) is 3. The molecule has 18 heavy (non-hydrogen) atoms. The van der Waals surface area contributed by atoms with Gasteiger partial charge in [0.2, 0.25) is 0 Å². The van der Waals surface area contributed by atoms with Crippen LogP contribution in [0.1, 0.15) is 17.4 Å². The normalized spacial score (nSPS) is 10.7. The second kappa shape index (κ2) is 4.64. The number of hydrogen-bond donors (Lipinski definition) is 1. The van der Waals surface area contributed by atoms with E-state index in [4.69, 9.17) is 4.74 Å². The lowest BCUT2D eigenvalue weighted by molar-refractivity contribution is 0.0520. The number of esters is 1. The fraction of sp³-hybridized carbons (Fsp3) is 0.250. The second-order valence-electron chi connectivity index (χ2n) is 3.57. The predicted octanol–water partition coefficient (Wildman–Crippen LogP) is 2.63. The molecule has 0 fully saturated rings. The number of nitrogens with one attached hydrogen (secondary N) is 1. The van der Waals surface area contributed by atoms with Gasteiger partial charge in [0.25, 0.3) is 0 Å². The summed E-state index contributed by atoms with van der Waals surface area (Å²) in [7, 11) is 1.17. The molecular formula is C12H11F2NO3. The number of carbonyl (C=O) groups is 1. The standard InChI is InChI=1S/C12H11F2NO3/c1-3-18-12(16)9-4-6-8(15-9)5-7(13)11(17-2)10(6)14/h4-5,15H,3H2,1-2H3. The Bertz CT molecular complexity index is 607. The molecule has 1 aromatic carbocycles. The lowest BCUT2D eigenvalue weighted by atomic mass is 10.2. The molecule has 0 atom stereocenters. The molecule has 0 saturated carbocycles. The SMILES string of the molecule is CCOC(=O)c1cc2c(F)c(OC)c(F)cc2[nH]1. The van der Waals surface area contributed by atoms with Crippen molar-refractivity contribution in [2.45, 2.75) is 6.92 Å². The van der Waals surface area contributed by atoms with E-state index in [-0.39, 0.29) is 23.2 Å². The van der Waals surface area contributed by atoms with Gasteiger partial charge in [0.15, 0.2) is 17.4 Å². The second-order valence-corrected chi connectivity index (χ2v) is 3.57. The summed E-state index contributed by atoms with van der Waals surface area (Å²) in [6.45, 7) is 1.86. The number of halogens is 2. The zero-order valence-corrected chi connectivity index (χ0v) is 9.84. The average Bonchev–Trinajstić information content (AvgIpc) is 2.74. The Hall–Kier alpha value is -2.11. The lowest BCUT2D eigenvalue weighted by Crippen LogP contribution is -2.04. The van der Waals surface area contributed by atoms with E-state index in [0.717, 1.165) is 6.07 Å². The van der Waals surface area contributed by atoms with Gasteiger partial charge in [-0.05, 0) is 13.0 Å². The maximum atomic E-state index is 13.9. The first-order chi connectivity index (χ1) is 8.58. The Morgan fingerprint density at radius 1 is 1.39 bits per heavy atom. The minimum atomic E-state index is -0.848. The van der Waals surface area contributed by atoms with Gasteiger partial charge in [0.05, 0.1) is 19.2 Å². The van der Waals surface area contributed by atoms with Crippen LogP contribution in [0.15, 0.2) is 12.1 Å². The summed E-state index contributed by atoms with van der Waals surface area (Å²) in [5.41, 5.74) is 0.243. The van der Waals surface area contributed by atoms with Crippen molar-refractivity contribution in [1.82, 2.24) is 4.98 Å². The van der Waals surface area contributed by atoms with Gasteiger partial charge in [-0.1, -0.05) is 0 Å². The highest BCUT2D eigenvalue weighted by Gasteiger charge is 2.18. The summed E-state index contributed by atoms with van der Waals surface area (Å²) in [6, 6.07) is 2.34. The number of ether oxygens (including phenoxy) is 2. The number of methoxy groups -OCH3 is 1. The van der Waals surface area contributed by atoms with Crippen molar-refractivity contribution in [1.29, 1.82) is 0 Å². The van der Waals surface area contributed by atoms with E-state index in [2.05, 4.69) is 9.72 Å². The van der Waals surface area contributed by atoms with Crippen molar-refractivity contribution in [3.63, 3.8) is 0 Å². The highest BCUT2D eigenvalue weighted by molar-refractivity contribution is 5.95. The first kappa shape index (κ1) is 12.3. The Morgan fingerprint density at radius 2 is 2.11 bits per heavy atom. The van der Waals surface area contributed by atoms with Crippen LogP contribution in [0, 0.1) is 11.6 Å². The molecule has 1 aromatic heterocycles. The van der Waals surface area contributed by atoms with Crippen LogP contribution in [-0.2, 0) is 4.74 Å². The molecule has 0 radical (unpaired) electrons. The van der Waals surface area contributed by atoms with Crippen molar-refractivity contribution in [2.75, 3.05) is 13.7 Å². The monoisotopic (exact) mass is 255 g/mol. The quantitative estimate of drug-likeness (QED) is 0.858. The molecule has 4 nitrogen and oxygen atoms in total. The van der Waals surface area contributed by atoms with Gasteiger partial charge >= 0.3 is 5.97 Å². The highest BCUT2D eigenvalue weighted by Crippen LogP contribution is 2.30. The Morgan fingerprint density at radius 3 is 2.72 bits per heavy atom. The van der Waals surface area contributed by atoms with E-state index in [1.165, 1.54) is 13.2 Å². The van der Waals surface area contributed by atoms with Gasteiger partial charge in [0.1, 0.15) is 5.69 Å². The maximum Gasteiger partial charge on any atom is 0.354 e. The van der Waals surface area contributed by atoms with Crippen molar-refractivity contribution >= 4 is 16.9 Å². The third-order valence-corrected chi connectivity index (χ3v) is 2.47. The Labute approximate surface area is 102 Å². The van der Waals surface area contributed by atoms with Crippen LogP contribution in [0.4, 0.5) is 8.78 Å². The fourth-order valence-corrected chi connectivity index (χ4v) is 1.69. The highest BCUT2D eigenvalue weighted by atomic mass is 19.1. The van der Waals surface area contributed by atoms with Crippen molar-refractivity contribution in [3.8, 4) is 5.75 Å². The molecule has 6 heteroatoms. The first-order valence-corrected chi connectivity index (χ1v) is 5.30. The van der Waals surface area contributed by atoms with Crippen LogP contribution in [0.3, 0.4) is 0 Å². The van der Waals surface area contributed by atoms with Gasteiger partial charge in [-0.25, -0.2) is 13.6 Å². The largest absolute Gasteiger partial charge is 0.491 e. The van der Waals surface area contributed by atoms with Crippen LogP contribution < -0.4 is 4.74 Å². The number of H-pyrrole nitrogens is 1. The summed E-state index contributed by atoms with van der Waals surface area (Å²) in [5.74, 6) is -2.77. The summed E-state index contributed by atoms with van der Waals surface area (Å²) >= 11 is 0. The smallest absolute Gasteiger partial charge is 0.354 e. The van der Waals surface area contributed by atoms with E-state index >= 15 is 0 Å². The van der Waals surface area contributed by atoms with Gasteiger partial charge < -0.3 is 14.5 Å². The predicted molar refractivity (Wildman–Crippen MR) is 60.7 cm³/mol. The van der Waals surface area contributed by atoms with E-state index < -0.39 is 23.4 Å². The minimum Gasteiger partial charge on any atom is -0.491 e. The molecule has 0 aliphatic carbocycles. The van der Waals surface area contributed by atoms with Crippen LogP contribution in [-0.4, -0.2) is 24.7 Å². The molecule has 0 aliphatic heterocycles. The minimum absolute atomic E-state index is 0.0680. The summed E-state index contributed by atoms with van der Waals surface area (Å²) in [4.78, 5) is 14.1. The Balaban J connectivity index is 2.58. The van der Waals surface area contributed by atoms with Crippen LogP contribution >= 0.6 is 0 Å². The van der Waals surface area contributed by atoms with Crippen LogP contribution in [0.25, 0.3) is 10.9 Å². The van der Waals surface area contributed by atoms with Crippen LogP contribution in [0.2, 0.25) is 0 Å². The molecular weight excluding hydrogens is 244 g/mol. The molecule has 0 bridgehead atoms. The van der Waals surface area contributed by atoms with Crippen molar-refractivity contribution < 1.29 is 23.0 Å². The third kappa shape index (κ3) is 1.90. The van der Waals surface area contributed by atoms with Crippen molar-refractivity contribution in [3.05, 3.63) is 29.5 Å². The molecule has 0 amide bonds. The zero-order valence-electron chi connectivity index (χ0n) is 9.84. The molecule has 1 N–H and O–H groups in total. The topological polar surface area (TPSA) is 51.3 Å². The number of carbonyl (C=O) groups excluding carboxylic acids is 1. The van der Waals surface area contributed by atoms with Crippen LogP contribution in [0.5, 0.6) is 5.75 Å². The van der Waals surface area contributed by atoms with Gasteiger partial charge in [0, 0.05) is 11.5 Å². The maximum absolute atomic E-state index is 13.9. The number of benzene rings is 1. The number of aromatic amines is 1. The number of fused-ring (bicyclic) bond motifs is 1. The first-order valence-electron chi connectivity index (χ1n) is 5.30. The Kier molecular flexibility index (Phi) is 3.18. The lowest BCUT2D eigenvalue weighted by Gasteiger charge is -2.03. The van der Waals surface area contributed by atoms with Gasteiger partial charge in [-0.15, -0.1) is 0 Å². The molecule has 2 aromatic rings. The van der Waals surface area contributed by atoms with E-state index in [1.54, 1.807) is 6.92 Å². The molecule has 2 rings (SSSR count). The zero-order chi connectivity index (χ0) is 13.3. The molecule has 0 unspecified atom stereocenters. The molecule has 0 saturated heterocycles.